The Kier molecular flexibility index (Phi) is 8.36. The first kappa shape index (κ1) is 20.5. The second kappa shape index (κ2) is 11.0. The summed E-state index contributed by atoms with van der Waals surface area (Å²) in [4.78, 5) is 11.9. The largest absolute Gasteiger partial charge is 0.497 e. The normalized spacial score (nSPS) is 10.8. The highest BCUT2D eigenvalue weighted by molar-refractivity contribution is 5.82. The van der Waals surface area contributed by atoms with Gasteiger partial charge >= 0.3 is 0 Å². The topological polar surface area (TPSA) is 59.9 Å². The first-order valence-electron chi connectivity index (χ1n) is 9.30. The number of hydrazone groups is 1. The Morgan fingerprint density at radius 1 is 1.15 bits per heavy atom. The van der Waals surface area contributed by atoms with Gasteiger partial charge in [0.25, 0.3) is 0 Å². The van der Waals surface area contributed by atoms with Gasteiger partial charge in [0, 0.05) is 6.42 Å². The molecule has 2 rings (SSSR count). The molecular formula is C22H28N2O3. The summed E-state index contributed by atoms with van der Waals surface area (Å²) < 4.78 is 10.7. The van der Waals surface area contributed by atoms with Crippen molar-refractivity contribution in [3.8, 4) is 11.5 Å². The molecule has 0 saturated heterocycles. The molecule has 5 nitrogen and oxygen atoms in total. The Hall–Kier alpha value is -2.82. The van der Waals surface area contributed by atoms with Gasteiger partial charge in [-0.1, -0.05) is 13.0 Å². The molecule has 0 bridgehead atoms. The Balaban J connectivity index is 1.72. The van der Waals surface area contributed by atoms with Gasteiger partial charge in [0.2, 0.25) is 5.91 Å². The van der Waals surface area contributed by atoms with E-state index < -0.39 is 0 Å². The Bertz CT molecular complexity index is 755. The second-order valence-electron chi connectivity index (χ2n) is 6.36. The van der Waals surface area contributed by atoms with Crippen LogP contribution in [0.5, 0.6) is 11.5 Å². The second-order valence-corrected chi connectivity index (χ2v) is 6.36. The van der Waals surface area contributed by atoms with Gasteiger partial charge in [-0.3, -0.25) is 4.79 Å². The number of methoxy groups -OCH3 is 1. The van der Waals surface area contributed by atoms with E-state index in [2.05, 4.69) is 30.4 Å². The van der Waals surface area contributed by atoms with Crippen LogP contribution in [0.15, 0.2) is 47.6 Å². The van der Waals surface area contributed by atoms with E-state index in [9.17, 15) is 4.79 Å². The molecule has 0 aliphatic rings. The van der Waals surface area contributed by atoms with Gasteiger partial charge in [-0.25, -0.2) is 5.43 Å². The van der Waals surface area contributed by atoms with Gasteiger partial charge in [-0.05, 0) is 79.3 Å². The predicted molar refractivity (Wildman–Crippen MR) is 109 cm³/mol. The summed E-state index contributed by atoms with van der Waals surface area (Å²) in [6.45, 7) is 4.84. The minimum absolute atomic E-state index is 0.0830. The number of nitrogens with one attached hydrogen (secondary N) is 1. The van der Waals surface area contributed by atoms with Crippen LogP contribution >= 0.6 is 0 Å². The number of aryl methyl sites for hydroxylation is 2. The average molecular weight is 368 g/mol. The minimum Gasteiger partial charge on any atom is -0.497 e. The van der Waals surface area contributed by atoms with Crippen LogP contribution < -0.4 is 14.9 Å². The number of hydrogen-bond donors (Lipinski definition) is 1. The molecule has 0 aromatic heterocycles. The fourth-order valence-electron chi connectivity index (χ4n) is 2.62. The molecule has 144 valence electrons. The lowest BCUT2D eigenvalue weighted by molar-refractivity contribution is -0.121. The number of nitrogens with zero attached hydrogens (tertiary/aromatic N) is 1. The summed E-state index contributed by atoms with van der Waals surface area (Å²) in [6.07, 6.45) is 4.68. The molecule has 1 N–H and O–H groups in total. The molecule has 0 atom stereocenters. The smallest absolute Gasteiger partial charge is 0.240 e. The van der Waals surface area contributed by atoms with Gasteiger partial charge < -0.3 is 9.47 Å². The summed E-state index contributed by atoms with van der Waals surface area (Å²) in [5.74, 6) is 1.61. The van der Waals surface area contributed by atoms with Crippen molar-refractivity contribution in [1.29, 1.82) is 0 Å². The van der Waals surface area contributed by atoms with Crippen LogP contribution in [-0.2, 0) is 11.2 Å². The third-order valence-electron chi connectivity index (χ3n) is 4.16. The highest BCUT2D eigenvalue weighted by atomic mass is 16.5. The van der Waals surface area contributed by atoms with E-state index in [1.807, 2.05) is 36.4 Å². The summed E-state index contributed by atoms with van der Waals surface area (Å²) >= 11 is 0. The third kappa shape index (κ3) is 7.13. The molecule has 1 amide bonds. The number of carbonyl (C=O) groups excluding carboxylic acids is 1. The zero-order valence-corrected chi connectivity index (χ0v) is 16.3. The van der Waals surface area contributed by atoms with Crippen molar-refractivity contribution in [2.75, 3.05) is 13.7 Å². The Labute approximate surface area is 161 Å². The first-order valence-corrected chi connectivity index (χ1v) is 9.30. The first-order chi connectivity index (χ1) is 13.1. The average Bonchev–Trinajstić information content (AvgIpc) is 2.68. The molecule has 0 radical (unpaired) electrons. The molecule has 0 spiro atoms. The Morgan fingerprint density at radius 2 is 1.89 bits per heavy atom. The molecule has 0 fully saturated rings. The van der Waals surface area contributed by atoms with Crippen molar-refractivity contribution in [3.05, 3.63) is 59.2 Å². The highest BCUT2D eigenvalue weighted by Crippen LogP contribution is 2.18. The van der Waals surface area contributed by atoms with E-state index in [0.717, 1.165) is 36.3 Å². The predicted octanol–water partition coefficient (Wildman–Crippen LogP) is 4.27. The quantitative estimate of drug-likeness (QED) is 0.503. The fourth-order valence-corrected chi connectivity index (χ4v) is 2.62. The van der Waals surface area contributed by atoms with E-state index in [0.29, 0.717) is 13.0 Å². The monoisotopic (exact) mass is 368 g/mol. The molecule has 0 saturated carbocycles. The van der Waals surface area contributed by atoms with Gasteiger partial charge in [0.1, 0.15) is 11.5 Å². The standard InChI is InChI=1S/C22H28N2O3/c1-4-14-27-20-11-8-18(9-12-20)16-23-24-22(25)7-5-6-19-10-13-21(26-3)15-17(19)2/h8-13,15-16H,4-7,14H2,1-3H3,(H,24,25)/b23-16-. The number of hydrogen-bond acceptors (Lipinski definition) is 4. The number of benzene rings is 2. The maximum absolute atomic E-state index is 11.9. The molecule has 2 aromatic rings. The molecule has 0 aliphatic carbocycles. The molecule has 0 aliphatic heterocycles. The van der Waals surface area contributed by atoms with Crippen LogP contribution in [-0.4, -0.2) is 25.8 Å². The number of rotatable bonds is 10. The maximum Gasteiger partial charge on any atom is 0.240 e. The van der Waals surface area contributed by atoms with E-state index in [1.54, 1.807) is 13.3 Å². The number of ether oxygens (including phenoxy) is 2. The molecule has 2 aromatic carbocycles. The lowest BCUT2D eigenvalue weighted by Crippen LogP contribution is -2.17. The van der Waals surface area contributed by atoms with Crippen molar-refractivity contribution in [2.24, 2.45) is 5.10 Å². The summed E-state index contributed by atoms with van der Waals surface area (Å²) in [6, 6.07) is 13.6. The van der Waals surface area contributed by atoms with Crippen molar-refractivity contribution >= 4 is 12.1 Å². The maximum atomic E-state index is 11.9. The van der Waals surface area contributed by atoms with Crippen LogP contribution in [0.3, 0.4) is 0 Å². The molecule has 27 heavy (non-hydrogen) atoms. The van der Waals surface area contributed by atoms with Crippen LogP contribution in [0.4, 0.5) is 0 Å². The minimum atomic E-state index is -0.0830. The molecular weight excluding hydrogens is 340 g/mol. The van der Waals surface area contributed by atoms with Crippen molar-refractivity contribution in [2.45, 2.75) is 39.5 Å². The van der Waals surface area contributed by atoms with Crippen LogP contribution in [0.1, 0.15) is 42.9 Å². The van der Waals surface area contributed by atoms with Crippen molar-refractivity contribution in [1.82, 2.24) is 5.43 Å². The molecule has 0 unspecified atom stereocenters. The van der Waals surface area contributed by atoms with Gasteiger partial charge in [-0.15, -0.1) is 0 Å². The van der Waals surface area contributed by atoms with Gasteiger partial charge in [0.05, 0.1) is 19.9 Å². The van der Waals surface area contributed by atoms with Crippen LogP contribution in [0, 0.1) is 6.92 Å². The van der Waals surface area contributed by atoms with Crippen LogP contribution in [0.25, 0.3) is 0 Å². The molecule has 0 heterocycles. The van der Waals surface area contributed by atoms with Crippen LogP contribution in [0.2, 0.25) is 0 Å². The number of carbonyl (C=O) groups is 1. The lowest BCUT2D eigenvalue weighted by Gasteiger charge is -2.07. The van der Waals surface area contributed by atoms with E-state index in [-0.39, 0.29) is 5.91 Å². The van der Waals surface area contributed by atoms with Crippen molar-refractivity contribution in [3.63, 3.8) is 0 Å². The summed E-state index contributed by atoms with van der Waals surface area (Å²) in [5, 5.41) is 4.02. The van der Waals surface area contributed by atoms with E-state index >= 15 is 0 Å². The summed E-state index contributed by atoms with van der Waals surface area (Å²) in [5.41, 5.74) is 5.90. The lowest BCUT2D eigenvalue weighted by atomic mass is 10.0. The summed E-state index contributed by atoms with van der Waals surface area (Å²) in [7, 11) is 1.66. The van der Waals surface area contributed by atoms with Gasteiger partial charge in [0.15, 0.2) is 0 Å². The van der Waals surface area contributed by atoms with E-state index in [1.165, 1.54) is 11.1 Å². The highest BCUT2D eigenvalue weighted by Gasteiger charge is 2.04. The zero-order valence-electron chi connectivity index (χ0n) is 16.3. The molecule has 5 heteroatoms. The fraction of sp³-hybridized carbons (Fsp3) is 0.364. The van der Waals surface area contributed by atoms with Crippen molar-refractivity contribution < 1.29 is 14.3 Å². The number of amides is 1. The van der Waals surface area contributed by atoms with E-state index in [4.69, 9.17) is 9.47 Å². The van der Waals surface area contributed by atoms with Gasteiger partial charge in [-0.2, -0.15) is 5.10 Å². The zero-order chi connectivity index (χ0) is 19.5. The SMILES string of the molecule is CCCOc1ccc(/C=N\NC(=O)CCCc2ccc(OC)cc2C)cc1. The Morgan fingerprint density at radius 3 is 2.56 bits per heavy atom. The third-order valence-corrected chi connectivity index (χ3v) is 4.16.